The van der Waals surface area contributed by atoms with Crippen LogP contribution >= 0.6 is 0 Å². The van der Waals surface area contributed by atoms with Gasteiger partial charge in [-0.25, -0.2) is 0 Å². The first kappa shape index (κ1) is 19.8. The van der Waals surface area contributed by atoms with Crippen LogP contribution in [0.25, 0.3) is 10.9 Å². The number of nitrogens with one attached hydrogen (secondary N) is 1. The minimum absolute atomic E-state index is 0.445. The number of benzene rings is 2. The number of fused-ring (bicyclic) bond motifs is 1. The van der Waals surface area contributed by atoms with Crippen molar-refractivity contribution in [2.75, 3.05) is 30.0 Å². The lowest BCUT2D eigenvalue weighted by Crippen LogP contribution is -2.33. The van der Waals surface area contributed by atoms with Crippen molar-refractivity contribution in [2.24, 2.45) is 5.92 Å². The summed E-state index contributed by atoms with van der Waals surface area (Å²) in [7, 11) is 0. The zero-order valence-corrected chi connectivity index (χ0v) is 18.0. The molecule has 1 aliphatic carbocycles. The predicted molar refractivity (Wildman–Crippen MR) is 125 cm³/mol. The molecule has 1 saturated carbocycles. The van der Waals surface area contributed by atoms with Gasteiger partial charge in [-0.2, -0.15) is 5.26 Å². The van der Waals surface area contributed by atoms with Crippen LogP contribution in [-0.2, 0) is 4.74 Å². The van der Waals surface area contributed by atoms with Gasteiger partial charge in [0.15, 0.2) is 0 Å². The van der Waals surface area contributed by atoms with E-state index in [1.54, 1.807) is 0 Å². The molecule has 1 aliphatic heterocycles. The van der Waals surface area contributed by atoms with Crippen molar-refractivity contribution < 1.29 is 4.74 Å². The fourth-order valence-electron chi connectivity index (χ4n) is 4.43. The Morgan fingerprint density at radius 3 is 2.65 bits per heavy atom. The van der Waals surface area contributed by atoms with Gasteiger partial charge in [0.2, 0.25) is 0 Å². The lowest BCUT2D eigenvalue weighted by atomic mass is 10.1. The molecule has 5 rings (SSSR count). The molecule has 2 heterocycles. The SMILES string of the molecule is Cc1cc(N2CCCC2COCC2CC2)c2ccc(Nc3ccc(C#N)cc3)cc2n1. The largest absolute Gasteiger partial charge is 0.379 e. The predicted octanol–water partition coefficient (Wildman–Crippen LogP) is 5.55. The quantitative estimate of drug-likeness (QED) is 0.551. The summed E-state index contributed by atoms with van der Waals surface area (Å²) in [6, 6.07) is 18.7. The van der Waals surface area contributed by atoms with Gasteiger partial charge < -0.3 is 15.0 Å². The zero-order chi connectivity index (χ0) is 21.2. The van der Waals surface area contributed by atoms with E-state index in [9.17, 15) is 0 Å². The Kier molecular flexibility index (Phi) is 5.48. The number of rotatable bonds is 7. The number of pyridine rings is 1. The summed E-state index contributed by atoms with van der Waals surface area (Å²) >= 11 is 0. The fraction of sp³-hybridized carbons (Fsp3) is 0.385. The van der Waals surface area contributed by atoms with Crippen LogP contribution in [0.1, 0.15) is 36.9 Å². The zero-order valence-electron chi connectivity index (χ0n) is 18.0. The Morgan fingerprint density at radius 1 is 1.06 bits per heavy atom. The number of hydrogen-bond donors (Lipinski definition) is 1. The standard InChI is InChI=1S/C26H28N4O/c1-18-13-26(30-12-2-3-23(30)17-31-16-20-4-5-20)24-11-10-22(14-25(24)28-18)29-21-8-6-19(15-27)7-9-21/h6-11,13-14,20,23,29H,2-5,12,16-17H2,1H3. The smallest absolute Gasteiger partial charge is 0.0991 e. The highest BCUT2D eigenvalue weighted by Crippen LogP contribution is 2.35. The molecule has 0 radical (unpaired) electrons. The van der Waals surface area contributed by atoms with Gasteiger partial charge in [0.1, 0.15) is 0 Å². The van der Waals surface area contributed by atoms with Crippen molar-refractivity contribution in [2.45, 2.75) is 38.6 Å². The van der Waals surface area contributed by atoms with Gasteiger partial charge in [-0.05, 0) is 87.1 Å². The van der Waals surface area contributed by atoms with Gasteiger partial charge in [0.25, 0.3) is 0 Å². The molecule has 3 aromatic rings. The number of nitriles is 1. The van der Waals surface area contributed by atoms with Crippen molar-refractivity contribution in [3.63, 3.8) is 0 Å². The van der Waals surface area contributed by atoms with Crippen molar-refractivity contribution >= 4 is 28.0 Å². The van der Waals surface area contributed by atoms with Crippen molar-refractivity contribution in [3.8, 4) is 6.07 Å². The van der Waals surface area contributed by atoms with Crippen LogP contribution in [0, 0.1) is 24.2 Å². The normalized spacial score (nSPS) is 18.3. The molecule has 31 heavy (non-hydrogen) atoms. The summed E-state index contributed by atoms with van der Waals surface area (Å²) in [6.45, 7) is 4.88. The molecule has 1 aromatic heterocycles. The molecule has 0 amide bonds. The van der Waals surface area contributed by atoms with Crippen LogP contribution in [0.15, 0.2) is 48.5 Å². The van der Waals surface area contributed by atoms with Crippen LogP contribution in [-0.4, -0.2) is 30.8 Å². The third-order valence-electron chi connectivity index (χ3n) is 6.27. The molecule has 1 atom stereocenters. The summed E-state index contributed by atoms with van der Waals surface area (Å²) < 4.78 is 6.05. The van der Waals surface area contributed by atoms with E-state index in [1.807, 2.05) is 24.3 Å². The molecule has 1 saturated heterocycles. The molecular formula is C26H28N4O. The van der Waals surface area contributed by atoms with Gasteiger partial charge in [0.05, 0.1) is 29.8 Å². The summed E-state index contributed by atoms with van der Waals surface area (Å²) in [5.74, 6) is 0.806. The third-order valence-corrected chi connectivity index (χ3v) is 6.27. The molecule has 5 nitrogen and oxygen atoms in total. The second-order valence-corrected chi connectivity index (χ2v) is 8.80. The van der Waals surface area contributed by atoms with Gasteiger partial charge in [-0.3, -0.25) is 4.98 Å². The molecule has 2 fully saturated rings. The maximum absolute atomic E-state index is 8.98. The highest BCUT2D eigenvalue weighted by molar-refractivity contribution is 5.94. The number of aryl methyl sites for hydroxylation is 1. The van der Waals surface area contributed by atoms with Crippen LogP contribution in [0.5, 0.6) is 0 Å². The maximum atomic E-state index is 8.98. The molecule has 5 heteroatoms. The van der Waals surface area contributed by atoms with E-state index in [0.717, 1.165) is 48.3 Å². The number of ether oxygens (including phenoxy) is 1. The second kappa shape index (κ2) is 8.56. The lowest BCUT2D eigenvalue weighted by Gasteiger charge is -2.28. The Balaban J connectivity index is 1.38. The van der Waals surface area contributed by atoms with Crippen LogP contribution in [0.4, 0.5) is 17.1 Å². The first-order valence-corrected chi connectivity index (χ1v) is 11.2. The van der Waals surface area contributed by atoms with Gasteiger partial charge in [0, 0.05) is 41.3 Å². The monoisotopic (exact) mass is 412 g/mol. The Hall–Kier alpha value is -3.10. The van der Waals surface area contributed by atoms with Crippen molar-refractivity contribution in [1.82, 2.24) is 4.98 Å². The van der Waals surface area contributed by atoms with Crippen LogP contribution < -0.4 is 10.2 Å². The molecule has 2 aromatic carbocycles. The Bertz CT molecular complexity index is 1110. The Morgan fingerprint density at radius 2 is 1.87 bits per heavy atom. The van der Waals surface area contributed by atoms with E-state index in [1.165, 1.54) is 36.8 Å². The number of nitrogens with zero attached hydrogens (tertiary/aromatic N) is 3. The molecule has 1 unspecified atom stereocenters. The molecule has 0 spiro atoms. The average Bonchev–Trinajstić information content (AvgIpc) is 3.49. The Labute approximate surface area is 183 Å². The summed E-state index contributed by atoms with van der Waals surface area (Å²) in [6.07, 6.45) is 5.06. The fourth-order valence-corrected chi connectivity index (χ4v) is 4.43. The van der Waals surface area contributed by atoms with Crippen LogP contribution in [0.3, 0.4) is 0 Å². The molecule has 2 aliphatic rings. The minimum Gasteiger partial charge on any atom is -0.379 e. The van der Waals surface area contributed by atoms with Crippen molar-refractivity contribution in [3.05, 3.63) is 59.8 Å². The average molecular weight is 413 g/mol. The highest BCUT2D eigenvalue weighted by atomic mass is 16.5. The number of anilines is 3. The molecular weight excluding hydrogens is 384 g/mol. The van der Waals surface area contributed by atoms with Crippen LogP contribution in [0.2, 0.25) is 0 Å². The molecule has 158 valence electrons. The van der Waals surface area contributed by atoms with Gasteiger partial charge in [-0.1, -0.05) is 0 Å². The van der Waals surface area contributed by atoms with E-state index in [-0.39, 0.29) is 0 Å². The van der Waals surface area contributed by atoms with E-state index in [4.69, 9.17) is 15.0 Å². The third kappa shape index (κ3) is 4.50. The molecule has 0 bridgehead atoms. The van der Waals surface area contributed by atoms with E-state index < -0.39 is 0 Å². The highest BCUT2D eigenvalue weighted by Gasteiger charge is 2.28. The molecule has 1 N–H and O–H groups in total. The summed E-state index contributed by atoms with van der Waals surface area (Å²) in [5, 5.41) is 13.6. The summed E-state index contributed by atoms with van der Waals surface area (Å²) in [4.78, 5) is 7.34. The van der Waals surface area contributed by atoms with Crippen molar-refractivity contribution in [1.29, 1.82) is 5.26 Å². The minimum atomic E-state index is 0.445. The first-order valence-electron chi connectivity index (χ1n) is 11.2. The van der Waals surface area contributed by atoms with E-state index in [2.05, 4.69) is 47.5 Å². The lowest BCUT2D eigenvalue weighted by molar-refractivity contribution is 0.112. The summed E-state index contributed by atoms with van der Waals surface area (Å²) in [5.41, 5.74) is 5.91. The first-order chi connectivity index (χ1) is 15.2. The topological polar surface area (TPSA) is 61.2 Å². The number of aromatic nitrogens is 1. The maximum Gasteiger partial charge on any atom is 0.0991 e. The van der Waals surface area contributed by atoms with Gasteiger partial charge >= 0.3 is 0 Å². The van der Waals surface area contributed by atoms with E-state index in [0.29, 0.717) is 11.6 Å². The second-order valence-electron chi connectivity index (χ2n) is 8.80. The van der Waals surface area contributed by atoms with E-state index >= 15 is 0 Å². The van der Waals surface area contributed by atoms with Gasteiger partial charge in [-0.15, -0.1) is 0 Å². The number of hydrogen-bond acceptors (Lipinski definition) is 5.